The molecule has 3 rings (SSSR count). The standard InChI is InChI=1S/C21H31N5O5/c22-19(23)16-9-8-14(31-16)11-25-20(29)15-7-4-10-26(15)21(30)18(24-12-17(27)28)13-5-2-1-3-6-13/h8-9,13,15,18,24H,1-7,10-12H2,(H3,22,23)(H,25,29)(H,27,28). The van der Waals surface area contributed by atoms with Crippen LogP contribution >= 0.6 is 0 Å². The van der Waals surface area contributed by atoms with Crippen molar-refractivity contribution in [3.63, 3.8) is 0 Å². The Labute approximate surface area is 181 Å². The van der Waals surface area contributed by atoms with Crippen molar-refractivity contribution in [1.82, 2.24) is 15.5 Å². The third-order valence-corrected chi connectivity index (χ3v) is 6.06. The highest BCUT2D eigenvalue weighted by Gasteiger charge is 2.40. The molecule has 2 amide bonds. The fourth-order valence-corrected chi connectivity index (χ4v) is 4.51. The highest BCUT2D eigenvalue weighted by atomic mass is 16.4. The van der Waals surface area contributed by atoms with Gasteiger partial charge in [0.25, 0.3) is 0 Å². The van der Waals surface area contributed by atoms with Gasteiger partial charge in [-0.2, -0.15) is 0 Å². The lowest BCUT2D eigenvalue weighted by Crippen LogP contribution is -2.55. The topological polar surface area (TPSA) is 162 Å². The van der Waals surface area contributed by atoms with E-state index < -0.39 is 18.1 Å². The number of nitrogens with one attached hydrogen (secondary N) is 3. The zero-order chi connectivity index (χ0) is 22.4. The first-order valence-corrected chi connectivity index (χ1v) is 10.8. The van der Waals surface area contributed by atoms with Crippen LogP contribution in [0.3, 0.4) is 0 Å². The third-order valence-electron chi connectivity index (χ3n) is 6.06. The van der Waals surface area contributed by atoms with Crippen LogP contribution in [-0.4, -0.2) is 58.8 Å². The number of furan rings is 1. The van der Waals surface area contributed by atoms with Gasteiger partial charge in [0.15, 0.2) is 11.6 Å². The maximum Gasteiger partial charge on any atom is 0.317 e. The van der Waals surface area contributed by atoms with Crippen LogP contribution in [0.25, 0.3) is 0 Å². The van der Waals surface area contributed by atoms with E-state index in [-0.39, 0.29) is 42.4 Å². The summed E-state index contributed by atoms with van der Waals surface area (Å²) >= 11 is 0. The molecule has 2 atom stereocenters. The van der Waals surface area contributed by atoms with Gasteiger partial charge in [-0.1, -0.05) is 19.3 Å². The lowest BCUT2D eigenvalue weighted by Gasteiger charge is -2.34. The molecule has 10 heteroatoms. The van der Waals surface area contributed by atoms with E-state index >= 15 is 0 Å². The van der Waals surface area contributed by atoms with E-state index in [9.17, 15) is 14.4 Å². The number of carboxylic acid groups (broad SMARTS) is 1. The number of carbonyl (C=O) groups is 3. The molecule has 1 aliphatic carbocycles. The summed E-state index contributed by atoms with van der Waals surface area (Å²) in [5.41, 5.74) is 5.38. The van der Waals surface area contributed by atoms with Gasteiger partial charge >= 0.3 is 5.97 Å². The summed E-state index contributed by atoms with van der Waals surface area (Å²) in [4.78, 5) is 38.8. The summed E-state index contributed by atoms with van der Waals surface area (Å²) in [5.74, 6) is -0.868. The molecular weight excluding hydrogens is 402 g/mol. The SMILES string of the molecule is N=C(N)c1ccc(CNC(=O)C2CCCN2C(=O)C(NCC(=O)O)C2CCCCC2)o1. The molecule has 0 bridgehead atoms. The summed E-state index contributed by atoms with van der Waals surface area (Å²) in [5, 5.41) is 22.2. The smallest absolute Gasteiger partial charge is 0.317 e. The first-order chi connectivity index (χ1) is 14.9. The molecule has 31 heavy (non-hydrogen) atoms. The molecule has 2 heterocycles. The van der Waals surface area contributed by atoms with Crippen molar-refractivity contribution < 1.29 is 23.9 Å². The van der Waals surface area contributed by atoms with Gasteiger partial charge in [-0.15, -0.1) is 0 Å². The number of aliphatic carboxylic acids is 1. The fraction of sp³-hybridized carbons (Fsp3) is 0.619. The molecule has 1 aliphatic heterocycles. The molecule has 0 aromatic carbocycles. The van der Waals surface area contributed by atoms with Gasteiger partial charge in [-0.3, -0.25) is 25.1 Å². The lowest BCUT2D eigenvalue weighted by atomic mass is 9.83. The molecule has 10 nitrogen and oxygen atoms in total. The molecule has 2 fully saturated rings. The average Bonchev–Trinajstić information content (AvgIpc) is 3.42. The predicted octanol–water partition coefficient (Wildman–Crippen LogP) is 0.794. The Morgan fingerprint density at radius 1 is 1.19 bits per heavy atom. The van der Waals surface area contributed by atoms with Gasteiger partial charge in [0.2, 0.25) is 11.8 Å². The van der Waals surface area contributed by atoms with Crippen molar-refractivity contribution in [3.05, 3.63) is 23.7 Å². The molecule has 1 aromatic heterocycles. The molecule has 1 saturated heterocycles. The van der Waals surface area contributed by atoms with E-state index in [1.54, 1.807) is 17.0 Å². The number of carboxylic acids is 1. The second kappa shape index (κ2) is 10.4. The van der Waals surface area contributed by atoms with Crippen LogP contribution in [0.4, 0.5) is 0 Å². The van der Waals surface area contributed by atoms with Crippen molar-refractivity contribution in [2.45, 2.75) is 63.6 Å². The second-order valence-corrected chi connectivity index (χ2v) is 8.24. The van der Waals surface area contributed by atoms with E-state index in [1.165, 1.54) is 0 Å². The molecular formula is C21H31N5O5. The van der Waals surface area contributed by atoms with Gasteiger partial charge in [0, 0.05) is 6.54 Å². The minimum Gasteiger partial charge on any atom is -0.480 e. The van der Waals surface area contributed by atoms with Gasteiger partial charge in [-0.25, -0.2) is 0 Å². The highest BCUT2D eigenvalue weighted by Crippen LogP contribution is 2.29. The Bertz CT molecular complexity index is 817. The summed E-state index contributed by atoms with van der Waals surface area (Å²) in [7, 11) is 0. The molecule has 2 aliphatic rings. The number of amidine groups is 1. The molecule has 0 radical (unpaired) electrons. The van der Waals surface area contributed by atoms with Crippen LogP contribution < -0.4 is 16.4 Å². The number of hydrogen-bond acceptors (Lipinski definition) is 6. The predicted molar refractivity (Wildman–Crippen MR) is 112 cm³/mol. The monoisotopic (exact) mass is 433 g/mol. The van der Waals surface area contributed by atoms with Crippen LogP contribution in [0.15, 0.2) is 16.5 Å². The number of nitrogen functional groups attached to an aromatic ring is 1. The van der Waals surface area contributed by atoms with Crippen LogP contribution in [0.5, 0.6) is 0 Å². The Morgan fingerprint density at radius 2 is 1.94 bits per heavy atom. The molecule has 1 saturated carbocycles. The number of amides is 2. The largest absolute Gasteiger partial charge is 0.480 e. The number of likely N-dealkylation sites (tertiary alicyclic amines) is 1. The van der Waals surface area contributed by atoms with E-state index in [4.69, 9.17) is 20.7 Å². The first kappa shape index (κ1) is 22.8. The van der Waals surface area contributed by atoms with E-state index in [0.717, 1.165) is 38.5 Å². The van der Waals surface area contributed by atoms with Crippen molar-refractivity contribution in [2.24, 2.45) is 11.7 Å². The minimum atomic E-state index is -1.01. The second-order valence-electron chi connectivity index (χ2n) is 8.24. The van der Waals surface area contributed by atoms with Crippen LogP contribution in [0, 0.1) is 11.3 Å². The van der Waals surface area contributed by atoms with Gasteiger partial charge in [-0.05, 0) is 43.7 Å². The molecule has 170 valence electrons. The van der Waals surface area contributed by atoms with Crippen molar-refractivity contribution in [3.8, 4) is 0 Å². The van der Waals surface area contributed by atoms with Gasteiger partial charge in [0.1, 0.15) is 11.8 Å². The number of rotatable bonds is 9. The lowest BCUT2D eigenvalue weighted by molar-refractivity contribution is -0.142. The van der Waals surface area contributed by atoms with E-state index in [0.29, 0.717) is 18.7 Å². The third kappa shape index (κ3) is 5.84. The molecule has 1 aromatic rings. The number of carbonyl (C=O) groups excluding carboxylic acids is 2. The van der Waals surface area contributed by atoms with Crippen molar-refractivity contribution in [1.29, 1.82) is 5.41 Å². The van der Waals surface area contributed by atoms with E-state index in [1.807, 2.05) is 0 Å². The van der Waals surface area contributed by atoms with Crippen molar-refractivity contribution in [2.75, 3.05) is 13.1 Å². The van der Waals surface area contributed by atoms with Gasteiger partial charge < -0.3 is 25.5 Å². The van der Waals surface area contributed by atoms with Crippen LogP contribution in [0.1, 0.15) is 56.5 Å². The Kier molecular flexibility index (Phi) is 7.67. The Morgan fingerprint density at radius 3 is 2.58 bits per heavy atom. The van der Waals surface area contributed by atoms with Crippen LogP contribution in [-0.2, 0) is 20.9 Å². The van der Waals surface area contributed by atoms with Gasteiger partial charge in [0.05, 0.1) is 19.1 Å². The quantitative estimate of drug-likeness (QED) is 0.284. The molecule has 0 spiro atoms. The first-order valence-electron chi connectivity index (χ1n) is 10.8. The van der Waals surface area contributed by atoms with Crippen molar-refractivity contribution >= 4 is 23.6 Å². The average molecular weight is 434 g/mol. The highest BCUT2D eigenvalue weighted by molar-refractivity contribution is 5.92. The maximum absolute atomic E-state index is 13.4. The number of nitrogens with zero attached hydrogens (tertiary/aromatic N) is 1. The summed E-state index contributed by atoms with van der Waals surface area (Å²) in [6.45, 7) is 0.326. The minimum absolute atomic E-state index is 0.0815. The molecule has 2 unspecified atom stereocenters. The van der Waals surface area contributed by atoms with E-state index in [2.05, 4.69) is 10.6 Å². The number of hydrogen-bond donors (Lipinski definition) is 5. The number of nitrogens with two attached hydrogens (primary N) is 1. The zero-order valence-corrected chi connectivity index (χ0v) is 17.6. The fourth-order valence-electron chi connectivity index (χ4n) is 4.51. The Balaban J connectivity index is 1.64. The summed E-state index contributed by atoms with van der Waals surface area (Å²) in [6, 6.07) is 2.03. The Hall–Kier alpha value is -2.88. The van der Waals surface area contributed by atoms with Crippen LogP contribution in [0.2, 0.25) is 0 Å². The normalized spacial score (nSPS) is 20.4. The maximum atomic E-state index is 13.4. The summed E-state index contributed by atoms with van der Waals surface area (Å²) < 4.78 is 5.39. The summed E-state index contributed by atoms with van der Waals surface area (Å²) in [6.07, 6.45) is 6.22. The molecule has 6 N–H and O–H groups in total. The zero-order valence-electron chi connectivity index (χ0n) is 17.6.